The van der Waals surface area contributed by atoms with Crippen LogP contribution in [0.15, 0.2) is 130 Å². The molecule has 5 aliphatic rings. The molecule has 4 heterocycles. The Labute approximate surface area is 357 Å². The van der Waals surface area contributed by atoms with Gasteiger partial charge in [0, 0.05) is 41.2 Å². The third kappa shape index (κ3) is 8.10. The normalized spacial score (nSPS) is 25.6. The van der Waals surface area contributed by atoms with Crippen molar-refractivity contribution in [3.05, 3.63) is 170 Å². The van der Waals surface area contributed by atoms with Gasteiger partial charge in [0.25, 0.3) is 0 Å². The highest BCUT2D eigenvalue weighted by atomic mass is 16.6. The van der Waals surface area contributed by atoms with Crippen LogP contribution in [0.3, 0.4) is 0 Å². The van der Waals surface area contributed by atoms with Crippen LogP contribution in [0, 0.1) is 11.8 Å². The Bertz CT molecular complexity index is 2560. The number of esters is 2. The predicted octanol–water partition coefficient (Wildman–Crippen LogP) is 10.5. The molecule has 61 heavy (non-hydrogen) atoms. The van der Waals surface area contributed by atoms with Gasteiger partial charge in [-0.1, -0.05) is 109 Å². The first kappa shape index (κ1) is 40.7. The molecule has 0 amide bonds. The van der Waals surface area contributed by atoms with Crippen LogP contribution >= 0.6 is 0 Å². The molecule has 8 nitrogen and oxygen atoms in total. The third-order valence-electron chi connectivity index (χ3n) is 13.8. The van der Waals surface area contributed by atoms with E-state index < -0.39 is 42.0 Å². The number of hydrogen-bond acceptors (Lipinski definition) is 8. The van der Waals surface area contributed by atoms with Crippen molar-refractivity contribution >= 4 is 22.9 Å². The number of carbonyl (C=O) groups excluding carboxylic acids is 2. The lowest BCUT2D eigenvalue weighted by Crippen LogP contribution is -2.58. The van der Waals surface area contributed by atoms with E-state index in [2.05, 4.69) is 84.9 Å². The van der Waals surface area contributed by atoms with Gasteiger partial charge in [0.05, 0.1) is 12.2 Å². The van der Waals surface area contributed by atoms with Crippen molar-refractivity contribution in [3.8, 4) is 5.75 Å². The van der Waals surface area contributed by atoms with E-state index in [9.17, 15) is 19.5 Å². The average Bonchev–Trinajstić information content (AvgIpc) is 3.81. The van der Waals surface area contributed by atoms with Gasteiger partial charge in [-0.2, -0.15) is 0 Å². The summed E-state index contributed by atoms with van der Waals surface area (Å²) in [4.78, 5) is 42.5. The molecule has 1 aromatic heterocycles. The van der Waals surface area contributed by atoms with Crippen LogP contribution in [0.4, 0.5) is 0 Å². The number of fused-ring (bicyclic) bond motifs is 11. The van der Waals surface area contributed by atoms with Gasteiger partial charge in [0.1, 0.15) is 16.9 Å². The van der Waals surface area contributed by atoms with Crippen LogP contribution in [0.1, 0.15) is 123 Å². The number of aliphatic hydroxyl groups is 1. The Balaban J connectivity index is 1.15. The van der Waals surface area contributed by atoms with Crippen molar-refractivity contribution in [2.75, 3.05) is 0 Å². The minimum Gasteiger partial charge on any atom is -0.483 e. The highest BCUT2D eigenvalue weighted by Crippen LogP contribution is 2.53. The number of rotatable bonds is 5. The number of ether oxygens (including phenoxy) is 3. The quantitative estimate of drug-likeness (QED) is 0.0808. The monoisotopic (exact) mass is 818 g/mol. The van der Waals surface area contributed by atoms with E-state index in [0.29, 0.717) is 40.7 Å². The minimum absolute atomic E-state index is 0.00359. The van der Waals surface area contributed by atoms with Crippen LogP contribution in [-0.4, -0.2) is 28.8 Å². The van der Waals surface area contributed by atoms with Gasteiger partial charge in [0.2, 0.25) is 0 Å². The van der Waals surface area contributed by atoms with Crippen LogP contribution < -0.4 is 10.4 Å². The summed E-state index contributed by atoms with van der Waals surface area (Å²) in [6.07, 6.45) is 8.78. The van der Waals surface area contributed by atoms with Crippen molar-refractivity contribution < 1.29 is 33.3 Å². The summed E-state index contributed by atoms with van der Waals surface area (Å²) in [5.74, 6) is -0.625. The van der Waals surface area contributed by atoms with E-state index in [0.717, 1.165) is 55.2 Å². The average molecular weight is 819 g/mol. The summed E-state index contributed by atoms with van der Waals surface area (Å²) in [6, 6.07) is 32.6. The molecule has 314 valence electrons. The second-order valence-electron chi connectivity index (χ2n) is 18.0. The number of benzene rings is 4. The van der Waals surface area contributed by atoms with Crippen molar-refractivity contribution in [2.24, 2.45) is 11.8 Å². The van der Waals surface area contributed by atoms with Gasteiger partial charge in [-0.15, -0.1) is 0 Å². The maximum atomic E-state index is 14.9. The lowest BCUT2D eigenvalue weighted by Gasteiger charge is -2.48. The minimum atomic E-state index is -1.17. The smallest absolute Gasteiger partial charge is 0.336 e. The summed E-state index contributed by atoms with van der Waals surface area (Å²) >= 11 is 0. The number of aryl methyl sites for hydroxylation is 1. The molecule has 0 saturated heterocycles. The standard InChI is InChI=1S/C53H54O8/c1-32(2)42-22-18-33-16-19-36(20-17-33)43-23-21-38(37-13-9-12-35(27-37)26-34-10-5-4-6-11-34)28-39(43)29-46(55)59-50-48-45(25-24-44-40(31-54)30-47(56)58-49(44)48)61-53(3,41-14-7-8-15-41)51(50)60-52(42)57/h4-6,9-13,16-17,19-21,23-25,27,30,38-39,41,43,50-51,54H,7-8,14-15,18,22,26,28-29,31H2,1-3H3. The Hall–Kier alpha value is -5.73. The fourth-order valence-electron chi connectivity index (χ4n) is 10.5. The molecule has 3 aliphatic heterocycles. The van der Waals surface area contributed by atoms with E-state index >= 15 is 0 Å². The maximum Gasteiger partial charge on any atom is 0.336 e. The van der Waals surface area contributed by atoms with E-state index in [-0.39, 0.29) is 35.7 Å². The summed E-state index contributed by atoms with van der Waals surface area (Å²) < 4.78 is 26.3. The van der Waals surface area contributed by atoms with E-state index in [1.807, 2.05) is 26.8 Å². The van der Waals surface area contributed by atoms with Crippen LogP contribution in [0.25, 0.3) is 11.0 Å². The molecule has 6 atom stereocenters. The Morgan fingerprint density at radius 1 is 0.803 bits per heavy atom. The van der Waals surface area contributed by atoms with Crippen molar-refractivity contribution in [1.29, 1.82) is 0 Å². The van der Waals surface area contributed by atoms with Gasteiger partial charge >= 0.3 is 17.6 Å². The van der Waals surface area contributed by atoms with Gasteiger partial charge < -0.3 is 23.7 Å². The summed E-state index contributed by atoms with van der Waals surface area (Å²) in [7, 11) is 0. The first-order valence-electron chi connectivity index (χ1n) is 21.9. The third-order valence-corrected chi connectivity index (χ3v) is 13.8. The first-order chi connectivity index (χ1) is 29.6. The number of hydrogen-bond donors (Lipinski definition) is 1. The molecule has 10 rings (SSSR count). The van der Waals surface area contributed by atoms with Gasteiger partial charge in [-0.05, 0) is 111 Å². The summed E-state index contributed by atoms with van der Waals surface area (Å²) in [5.41, 5.74) is 6.43. The lowest BCUT2D eigenvalue weighted by atomic mass is 9.72. The first-order valence-corrected chi connectivity index (χ1v) is 21.9. The van der Waals surface area contributed by atoms with Crippen molar-refractivity contribution in [2.45, 2.75) is 115 Å². The zero-order chi connectivity index (χ0) is 42.3. The van der Waals surface area contributed by atoms with Crippen molar-refractivity contribution in [1.82, 2.24) is 0 Å². The van der Waals surface area contributed by atoms with Gasteiger partial charge in [0.15, 0.2) is 12.2 Å². The zero-order valence-corrected chi connectivity index (χ0v) is 35.2. The van der Waals surface area contributed by atoms with E-state index in [4.69, 9.17) is 18.6 Å². The largest absolute Gasteiger partial charge is 0.483 e. The number of carbonyl (C=O) groups is 2. The molecule has 5 aromatic rings. The van der Waals surface area contributed by atoms with Gasteiger partial charge in [-0.25, -0.2) is 9.59 Å². The topological polar surface area (TPSA) is 112 Å². The Kier molecular flexibility index (Phi) is 11.3. The molecule has 2 bridgehead atoms. The predicted molar refractivity (Wildman–Crippen MR) is 234 cm³/mol. The molecule has 1 fully saturated rings. The van der Waals surface area contributed by atoms with Crippen LogP contribution in [0.5, 0.6) is 5.75 Å². The molecule has 2 aliphatic carbocycles. The summed E-state index contributed by atoms with van der Waals surface area (Å²) in [5, 5.41) is 10.8. The van der Waals surface area contributed by atoms with Crippen LogP contribution in [-0.2, 0) is 38.5 Å². The van der Waals surface area contributed by atoms with E-state index in [1.165, 1.54) is 22.8 Å². The second kappa shape index (κ2) is 17.0. The highest BCUT2D eigenvalue weighted by Gasteiger charge is 2.57. The fraction of sp³-hybridized carbons (Fsp3) is 0.377. The Morgan fingerprint density at radius 2 is 1.57 bits per heavy atom. The molecule has 1 N–H and O–H groups in total. The fourth-order valence-corrected chi connectivity index (χ4v) is 10.5. The molecular formula is C53H54O8. The lowest BCUT2D eigenvalue weighted by molar-refractivity contribution is -0.199. The molecule has 0 radical (unpaired) electrons. The van der Waals surface area contributed by atoms with E-state index in [1.54, 1.807) is 12.1 Å². The van der Waals surface area contributed by atoms with Crippen LogP contribution in [0.2, 0.25) is 0 Å². The maximum absolute atomic E-state index is 14.9. The number of aliphatic hydroxyl groups excluding tert-OH is 1. The summed E-state index contributed by atoms with van der Waals surface area (Å²) in [6.45, 7) is 5.40. The Morgan fingerprint density at radius 3 is 2.33 bits per heavy atom. The number of allylic oxidation sites excluding steroid dienone is 3. The molecule has 6 unspecified atom stereocenters. The SMILES string of the molecule is CC(C)=C1CCc2ccc(cc2)C2C=CC(c3cccc(Cc4ccccc4)c3)CC2CC(=O)OC2c3c(ccc4c(CO)cc(=O)oc34)OC(C)(C3CCCC3)C2OC1=O. The molecule has 4 aromatic carbocycles. The van der Waals surface area contributed by atoms with Crippen molar-refractivity contribution in [3.63, 3.8) is 0 Å². The van der Waals surface area contributed by atoms with Gasteiger partial charge in [-0.3, -0.25) is 4.79 Å². The molecule has 0 spiro atoms. The second-order valence-corrected chi connectivity index (χ2v) is 18.0. The molecular weight excluding hydrogens is 765 g/mol. The molecule has 1 saturated carbocycles. The molecule has 8 heteroatoms. The highest BCUT2D eigenvalue weighted by molar-refractivity contribution is 5.90. The zero-order valence-electron chi connectivity index (χ0n) is 35.2.